The summed E-state index contributed by atoms with van der Waals surface area (Å²) in [6, 6.07) is 0.470. The van der Waals surface area contributed by atoms with Gasteiger partial charge in [0.05, 0.1) is 0 Å². The maximum absolute atomic E-state index is 12.2. The first-order chi connectivity index (χ1) is 7.77. The molecule has 0 amide bonds. The molecule has 96 valence electrons. The first-order valence-electron chi connectivity index (χ1n) is 6.88. The lowest BCUT2D eigenvalue weighted by molar-refractivity contribution is 0.493. The monoisotopic (exact) mass is 245 g/mol. The predicted molar refractivity (Wildman–Crippen MR) is 72.3 cm³/mol. The minimum atomic E-state index is -0.602. The molecule has 3 heteroatoms. The molecule has 2 atom stereocenters. The minimum absolute atomic E-state index is 0.470. The largest absolute Gasteiger partial charge is 0.313 e. The maximum Gasteiger partial charge on any atom is 0.0391 e. The smallest absolute Gasteiger partial charge is 0.0391 e. The third-order valence-electron chi connectivity index (χ3n) is 3.42. The summed E-state index contributed by atoms with van der Waals surface area (Å²) >= 11 is 0. The topological polar surface area (TPSA) is 29.1 Å². The summed E-state index contributed by atoms with van der Waals surface area (Å²) in [6.07, 6.45) is 8.65. The van der Waals surface area contributed by atoms with Crippen LogP contribution in [0.4, 0.5) is 0 Å². The van der Waals surface area contributed by atoms with Crippen LogP contribution in [-0.2, 0) is 10.8 Å². The van der Waals surface area contributed by atoms with Crippen LogP contribution in [0.1, 0.15) is 58.8 Å². The number of hydrogen-bond donors (Lipinski definition) is 1. The zero-order valence-corrected chi connectivity index (χ0v) is 11.7. The first kappa shape index (κ1) is 14.2. The van der Waals surface area contributed by atoms with Gasteiger partial charge in [-0.15, -0.1) is 0 Å². The Morgan fingerprint density at radius 1 is 1.25 bits per heavy atom. The highest BCUT2D eigenvalue weighted by Gasteiger charge is 2.21. The lowest BCUT2D eigenvalue weighted by Gasteiger charge is -2.24. The van der Waals surface area contributed by atoms with Gasteiger partial charge >= 0.3 is 0 Å². The Balaban J connectivity index is 2.33. The summed E-state index contributed by atoms with van der Waals surface area (Å²) in [5.74, 6) is 0.867. The van der Waals surface area contributed by atoms with Crippen molar-refractivity contribution >= 4 is 10.8 Å². The van der Waals surface area contributed by atoms with Gasteiger partial charge in [-0.05, 0) is 25.8 Å². The molecule has 1 N–H and O–H groups in total. The molecule has 2 unspecified atom stereocenters. The fraction of sp³-hybridized carbons (Fsp3) is 1.00. The van der Waals surface area contributed by atoms with Crippen LogP contribution in [0.5, 0.6) is 0 Å². The Morgan fingerprint density at radius 3 is 2.50 bits per heavy atom. The normalized spacial score (nSPS) is 21.9. The van der Waals surface area contributed by atoms with Crippen LogP contribution in [0, 0.1) is 0 Å². The van der Waals surface area contributed by atoms with Crippen molar-refractivity contribution in [1.82, 2.24) is 5.32 Å². The Morgan fingerprint density at radius 2 is 1.94 bits per heavy atom. The van der Waals surface area contributed by atoms with Gasteiger partial charge in [-0.3, -0.25) is 4.21 Å². The molecule has 1 fully saturated rings. The van der Waals surface area contributed by atoms with Crippen molar-refractivity contribution in [2.45, 2.75) is 70.1 Å². The minimum Gasteiger partial charge on any atom is -0.313 e. The van der Waals surface area contributed by atoms with Crippen molar-refractivity contribution in [3.63, 3.8) is 0 Å². The third-order valence-corrected chi connectivity index (χ3v) is 5.37. The molecule has 0 aromatic carbocycles. The Labute approximate surface area is 103 Å². The van der Waals surface area contributed by atoms with Crippen molar-refractivity contribution in [2.24, 2.45) is 0 Å². The van der Waals surface area contributed by atoms with Crippen LogP contribution in [0.3, 0.4) is 0 Å². The van der Waals surface area contributed by atoms with E-state index in [0.717, 1.165) is 18.7 Å². The summed E-state index contributed by atoms with van der Waals surface area (Å²) in [5.41, 5.74) is 0. The lowest BCUT2D eigenvalue weighted by Crippen LogP contribution is -2.36. The number of nitrogens with one attached hydrogen (secondary N) is 1. The van der Waals surface area contributed by atoms with Gasteiger partial charge in [-0.1, -0.05) is 39.5 Å². The van der Waals surface area contributed by atoms with E-state index in [1.54, 1.807) is 0 Å². The van der Waals surface area contributed by atoms with Gasteiger partial charge in [0, 0.05) is 27.8 Å². The molecule has 1 rings (SSSR count). The molecule has 2 nitrogen and oxygen atoms in total. The zero-order valence-electron chi connectivity index (χ0n) is 10.8. The van der Waals surface area contributed by atoms with Crippen molar-refractivity contribution in [2.75, 3.05) is 12.3 Å². The SMILES string of the molecule is CCCC(CS(=O)C1CCCCC1)NCC. The predicted octanol–water partition coefficient (Wildman–Crippen LogP) is 2.85. The fourth-order valence-corrected chi connectivity index (χ4v) is 4.36. The Kier molecular flexibility index (Phi) is 7.30. The van der Waals surface area contributed by atoms with Gasteiger partial charge in [-0.25, -0.2) is 0 Å². The average molecular weight is 245 g/mol. The third kappa shape index (κ3) is 4.96. The molecule has 0 aliphatic heterocycles. The van der Waals surface area contributed by atoms with E-state index in [1.165, 1.54) is 38.5 Å². The van der Waals surface area contributed by atoms with Crippen LogP contribution < -0.4 is 5.32 Å². The van der Waals surface area contributed by atoms with Crippen LogP contribution in [-0.4, -0.2) is 27.8 Å². The second-order valence-electron chi connectivity index (χ2n) is 4.85. The molecule has 1 aliphatic rings. The van der Waals surface area contributed by atoms with Gasteiger partial charge < -0.3 is 5.32 Å². The highest BCUT2D eigenvalue weighted by molar-refractivity contribution is 7.85. The second kappa shape index (κ2) is 8.24. The lowest BCUT2D eigenvalue weighted by atomic mass is 10.0. The molecule has 0 saturated heterocycles. The molecule has 1 saturated carbocycles. The number of hydrogen-bond acceptors (Lipinski definition) is 2. The van der Waals surface area contributed by atoms with E-state index in [0.29, 0.717) is 11.3 Å². The molecule has 16 heavy (non-hydrogen) atoms. The van der Waals surface area contributed by atoms with E-state index in [-0.39, 0.29) is 0 Å². The van der Waals surface area contributed by atoms with E-state index in [2.05, 4.69) is 19.2 Å². The van der Waals surface area contributed by atoms with Gasteiger partial charge in [0.2, 0.25) is 0 Å². The molecule has 0 spiro atoms. The molecular formula is C13H27NOS. The Hall–Kier alpha value is 0.110. The molecule has 0 aromatic heterocycles. The van der Waals surface area contributed by atoms with Crippen LogP contribution in [0.15, 0.2) is 0 Å². The molecule has 1 aliphatic carbocycles. The van der Waals surface area contributed by atoms with Crippen molar-refractivity contribution in [3.05, 3.63) is 0 Å². The molecule has 0 radical (unpaired) electrons. The summed E-state index contributed by atoms with van der Waals surface area (Å²) in [4.78, 5) is 0. The van der Waals surface area contributed by atoms with Crippen molar-refractivity contribution < 1.29 is 4.21 Å². The van der Waals surface area contributed by atoms with E-state index in [4.69, 9.17) is 0 Å². The average Bonchev–Trinajstić information content (AvgIpc) is 2.31. The summed E-state index contributed by atoms with van der Waals surface area (Å²) in [5, 5.41) is 3.95. The van der Waals surface area contributed by atoms with E-state index >= 15 is 0 Å². The molecule has 0 bridgehead atoms. The van der Waals surface area contributed by atoms with Crippen LogP contribution in [0.2, 0.25) is 0 Å². The summed E-state index contributed by atoms with van der Waals surface area (Å²) in [6.45, 7) is 5.33. The van der Waals surface area contributed by atoms with Crippen LogP contribution >= 0.6 is 0 Å². The highest BCUT2D eigenvalue weighted by atomic mass is 32.2. The highest BCUT2D eigenvalue weighted by Crippen LogP contribution is 2.22. The quantitative estimate of drug-likeness (QED) is 0.747. The molecule has 0 heterocycles. The van der Waals surface area contributed by atoms with E-state index in [1.807, 2.05) is 0 Å². The summed E-state index contributed by atoms with van der Waals surface area (Å²) < 4.78 is 12.2. The zero-order chi connectivity index (χ0) is 11.8. The second-order valence-corrected chi connectivity index (χ2v) is 6.61. The van der Waals surface area contributed by atoms with Gasteiger partial charge in [0.15, 0.2) is 0 Å². The molecule has 0 aromatic rings. The summed E-state index contributed by atoms with van der Waals surface area (Å²) in [7, 11) is -0.602. The van der Waals surface area contributed by atoms with Gasteiger partial charge in [0.1, 0.15) is 0 Å². The molecular weight excluding hydrogens is 218 g/mol. The van der Waals surface area contributed by atoms with Gasteiger partial charge in [-0.2, -0.15) is 0 Å². The van der Waals surface area contributed by atoms with E-state index in [9.17, 15) is 4.21 Å². The van der Waals surface area contributed by atoms with Gasteiger partial charge in [0.25, 0.3) is 0 Å². The van der Waals surface area contributed by atoms with Crippen LogP contribution in [0.25, 0.3) is 0 Å². The van der Waals surface area contributed by atoms with Crippen molar-refractivity contribution in [3.8, 4) is 0 Å². The fourth-order valence-electron chi connectivity index (χ4n) is 2.54. The van der Waals surface area contributed by atoms with E-state index < -0.39 is 10.8 Å². The van der Waals surface area contributed by atoms with Crippen molar-refractivity contribution in [1.29, 1.82) is 0 Å². The first-order valence-corrected chi connectivity index (χ1v) is 8.26. The maximum atomic E-state index is 12.2. The standard InChI is InChI=1S/C13H27NOS/c1-3-8-12(14-4-2)11-16(15)13-9-6-5-7-10-13/h12-14H,3-11H2,1-2H3. The Bertz CT molecular complexity index is 196. The number of rotatable bonds is 7.